The molecule has 0 N–H and O–H groups in total. The third-order valence-corrected chi connectivity index (χ3v) is 3.39. The molecule has 1 aromatic carbocycles. The lowest BCUT2D eigenvalue weighted by Crippen LogP contribution is -1.90. The molecule has 1 aromatic heterocycles. The van der Waals surface area contributed by atoms with Crippen LogP contribution in [0.2, 0.25) is 5.15 Å². The summed E-state index contributed by atoms with van der Waals surface area (Å²) in [5.74, 6) is 0. The molecule has 0 fully saturated rings. The van der Waals surface area contributed by atoms with E-state index in [0.29, 0.717) is 5.15 Å². The van der Waals surface area contributed by atoms with E-state index in [1.165, 1.54) is 16.5 Å². The summed E-state index contributed by atoms with van der Waals surface area (Å²) in [6.45, 7) is 4.17. The zero-order valence-electron chi connectivity index (χ0n) is 8.64. The highest BCUT2D eigenvalue weighted by Gasteiger charge is 2.06. The zero-order chi connectivity index (χ0) is 11.0. The van der Waals surface area contributed by atoms with E-state index < -0.39 is 0 Å². The van der Waals surface area contributed by atoms with E-state index in [4.69, 9.17) is 11.6 Å². The fourth-order valence-corrected chi connectivity index (χ4v) is 2.54. The number of fused-ring (bicyclic) bond motifs is 1. The Kier molecular flexibility index (Phi) is 2.98. The summed E-state index contributed by atoms with van der Waals surface area (Å²) >= 11 is 9.48. The molecule has 0 aliphatic heterocycles. The maximum Gasteiger partial charge on any atom is 0.133 e. The minimum atomic E-state index is 0.587. The molecule has 0 radical (unpaired) electrons. The van der Waals surface area contributed by atoms with Crippen LogP contribution < -0.4 is 0 Å². The average molecular weight is 285 g/mol. The van der Waals surface area contributed by atoms with Crippen LogP contribution in [0.15, 0.2) is 18.2 Å². The molecule has 2 rings (SSSR count). The van der Waals surface area contributed by atoms with E-state index in [2.05, 4.69) is 53.0 Å². The van der Waals surface area contributed by atoms with Crippen LogP contribution in [0.25, 0.3) is 10.9 Å². The van der Waals surface area contributed by atoms with Gasteiger partial charge in [0.2, 0.25) is 0 Å². The summed E-state index contributed by atoms with van der Waals surface area (Å²) in [4.78, 5) is 4.40. The summed E-state index contributed by atoms with van der Waals surface area (Å²) in [6, 6.07) is 6.33. The van der Waals surface area contributed by atoms with Crippen LogP contribution in [0.4, 0.5) is 0 Å². The molecule has 0 saturated heterocycles. The lowest BCUT2D eigenvalue weighted by Gasteiger charge is -2.07. The third kappa shape index (κ3) is 2.01. The molecule has 0 unspecified atom stereocenters. The molecular weight excluding hydrogens is 273 g/mol. The summed E-state index contributed by atoms with van der Waals surface area (Å²) in [7, 11) is 0. The molecule has 1 nitrogen and oxygen atoms in total. The normalized spacial score (nSPS) is 10.9. The highest BCUT2D eigenvalue weighted by molar-refractivity contribution is 9.08. The van der Waals surface area contributed by atoms with Crippen molar-refractivity contribution in [3.05, 3.63) is 40.0 Å². The Hall–Kier alpha value is -0.600. The first-order chi connectivity index (χ1) is 7.11. The molecule has 0 aliphatic rings. The monoisotopic (exact) mass is 283 g/mol. The predicted molar refractivity (Wildman–Crippen MR) is 68.9 cm³/mol. The summed E-state index contributed by atoms with van der Waals surface area (Å²) in [5, 5.41) is 2.51. The van der Waals surface area contributed by atoms with Crippen LogP contribution in [0.5, 0.6) is 0 Å². The first-order valence-corrected chi connectivity index (χ1v) is 6.24. The molecule has 0 bridgehead atoms. The molecule has 0 aliphatic carbocycles. The number of pyridine rings is 1. The fourth-order valence-electron chi connectivity index (χ4n) is 1.74. The number of hydrogen-bond donors (Lipinski definition) is 0. The van der Waals surface area contributed by atoms with E-state index in [1.54, 1.807) is 0 Å². The molecule has 0 amide bonds. The van der Waals surface area contributed by atoms with Crippen LogP contribution >= 0.6 is 27.5 Å². The van der Waals surface area contributed by atoms with Crippen molar-refractivity contribution in [3.63, 3.8) is 0 Å². The Morgan fingerprint density at radius 3 is 2.67 bits per heavy atom. The Balaban J connectivity index is 2.81. The molecule has 1 heterocycles. The van der Waals surface area contributed by atoms with Gasteiger partial charge in [0, 0.05) is 16.3 Å². The third-order valence-electron chi connectivity index (χ3n) is 2.46. The molecule has 15 heavy (non-hydrogen) atoms. The number of aromatic nitrogens is 1. The zero-order valence-corrected chi connectivity index (χ0v) is 11.0. The van der Waals surface area contributed by atoms with Gasteiger partial charge in [-0.05, 0) is 37.1 Å². The number of alkyl halides is 1. The summed E-state index contributed by atoms with van der Waals surface area (Å²) in [6.07, 6.45) is 0. The number of aryl methyl sites for hydroxylation is 2. The molecule has 0 saturated carbocycles. The Morgan fingerprint density at radius 1 is 1.27 bits per heavy atom. The molecule has 0 spiro atoms. The SMILES string of the molecule is Cc1cc(C)c2cc(CBr)c(Cl)nc2c1. The molecule has 2 aromatic rings. The fraction of sp³-hybridized carbons (Fsp3) is 0.250. The minimum Gasteiger partial charge on any atom is -0.236 e. The molecular formula is C12H11BrClN. The van der Waals surface area contributed by atoms with Gasteiger partial charge in [0.1, 0.15) is 5.15 Å². The van der Waals surface area contributed by atoms with E-state index in [-0.39, 0.29) is 0 Å². The van der Waals surface area contributed by atoms with Crippen molar-refractivity contribution in [1.29, 1.82) is 0 Å². The molecule has 78 valence electrons. The highest BCUT2D eigenvalue weighted by atomic mass is 79.9. The van der Waals surface area contributed by atoms with E-state index >= 15 is 0 Å². The number of halogens is 2. The van der Waals surface area contributed by atoms with Crippen LogP contribution in [-0.4, -0.2) is 4.98 Å². The van der Waals surface area contributed by atoms with Gasteiger partial charge in [-0.25, -0.2) is 4.98 Å². The van der Waals surface area contributed by atoms with Crippen molar-refractivity contribution in [2.24, 2.45) is 0 Å². The van der Waals surface area contributed by atoms with Crippen molar-refractivity contribution in [3.8, 4) is 0 Å². The summed E-state index contributed by atoms with van der Waals surface area (Å²) in [5.41, 5.74) is 4.48. The standard InChI is InChI=1S/C12H11BrClN/c1-7-3-8(2)10-5-9(6-13)12(14)15-11(10)4-7/h3-5H,6H2,1-2H3. The van der Waals surface area contributed by atoms with Gasteiger partial charge in [0.05, 0.1) is 5.52 Å². The first kappa shape index (κ1) is 10.9. The maximum atomic E-state index is 6.07. The van der Waals surface area contributed by atoms with Crippen LogP contribution in [0, 0.1) is 13.8 Å². The second kappa shape index (κ2) is 4.11. The number of nitrogens with zero attached hydrogens (tertiary/aromatic N) is 1. The Bertz CT molecular complexity index is 523. The number of rotatable bonds is 1. The minimum absolute atomic E-state index is 0.587. The van der Waals surface area contributed by atoms with E-state index in [0.717, 1.165) is 16.4 Å². The quantitative estimate of drug-likeness (QED) is 0.559. The van der Waals surface area contributed by atoms with E-state index in [9.17, 15) is 0 Å². The predicted octanol–water partition coefficient (Wildman–Crippen LogP) is 4.40. The molecule has 0 atom stereocenters. The first-order valence-electron chi connectivity index (χ1n) is 4.74. The molecule has 3 heteroatoms. The van der Waals surface area contributed by atoms with Crippen LogP contribution in [0.3, 0.4) is 0 Å². The Labute approximate surface area is 103 Å². The van der Waals surface area contributed by atoms with Gasteiger partial charge >= 0.3 is 0 Å². The van der Waals surface area contributed by atoms with Crippen molar-refractivity contribution >= 4 is 38.4 Å². The topological polar surface area (TPSA) is 12.9 Å². The van der Waals surface area contributed by atoms with Gasteiger partial charge in [-0.2, -0.15) is 0 Å². The lowest BCUT2D eigenvalue weighted by molar-refractivity contribution is 1.29. The number of hydrogen-bond acceptors (Lipinski definition) is 1. The largest absolute Gasteiger partial charge is 0.236 e. The van der Waals surface area contributed by atoms with Crippen molar-refractivity contribution in [2.45, 2.75) is 19.2 Å². The van der Waals surface area contributed by atoms with Crippen LogP contribution in [-0.2, 0) is 5.33 Å². The van der Waals surface area contributed by atoms with Crippen molar-refractivity contribution in [1.82, 2.24) is 4.98 Å². The Morgan fingerprint density at radius 2 is 2.00 bits per heavy atom. The lowest BCUT2D eigenvalue weighted by atomic mass is 10.1. The van der Waals surface area contributed by atoms with Gasteiger partial charge in [0.15, 0.2) is 0 Å². The number of benzene rings is 1. The maximum absolute atomic E-state index is 6.07. The van der Waals surface area contributed by atoms with Gasteiger partial charge in [-0.1, -0.05) is 33.6 Å². The summed E-state index contributed by atoms with van der Waals surface area (Å²) < 4.78 is 0. The van der Waals surface area contributed by atoms with Gasteiger partial charge in [0.25, 0.3) is 0 Å². The van der Waals surface area contributed by atoms with Gasteiger partial charge in [-0.3, -0.25) is 0 Å². The van der Waals surface area contributed by atoms with Crippen LogP contribution in [0.1, 0.15) is 16.7 Å². The average Bonchev–Trinajstić information content (AvgIpc) is 2.16. The van der Waals surface area contributed by atoms with Gasteiger partial charge in [-0.15, -0.1) is 0 Å². The highest BCUT2D eigenvalue weighted by Crippen LogP contribution is 2.25. The van der Waals surface area contributed by atoms with Crippen molar-refractivity contribution in [2.75, 3.05) is 0 Å². The van der Waals surface area contributed by atoms with Gasteiger partial charge < -0.3 is 0 Å². The second-order valence-electron chi connectivity index (χ2n) is 3.72. The second-order valence-corrected chi connectivity index (χ2v) is 4.64. The van der Waals surface area contributed by atoms with Crippen molar-refractivity contribution < 1.29 is 0 Å². The van der Waals surface area contributed by atoms with E-state index in [1.807, 2.05) is 0 Å². The smallest absolute Gasteiger partial charge is 0.133 e.